The number of H-pyrrole nitrogens is 1. The van der Waals surface area contributed by atoms with E-state index in [0.29, 0.717) is 28.3 Å². The molecule has 0 radical (unpaired) electrons. The molecule has 0 aromatic carbocycles. The van der Waals surface area contributed by atoms with Crippen molar-refractivity contribution >= 4 is 28.3 Å². The molecule has 0 aliphatic carbocycles. The summed E-state index contributed by atoms with van der Waals surface area (Å²) in [4.78, 5) is 44.2. The summed E-state index contributed by atoms with van der Waals surface area (Å²) >= 11 is 1.26. The minimum Gasteiger partial charge on any atom is -0.377 e. The summed E-state index contributed by atoms with van der Waals surface area (Å²) in [6.45, 7) is 2.37. The molecule has 3 rings (SSSR count). The lowest BCUT2D eigenvalue weighted by Crippen LogP contribution is -2.33. The zero-order valence-electron chi connectivity index (χ0n) is 14.3. The molecule has 11 heteroatoms. The Kier molecular flexibility index (Phi) is 5.38. The van der Waals surface area contributed by atoms with E-state index in [2.05, 4.69) is 25.5 Å². The number of nitrogens with zero attached hydrogens (tertiary/aromatic N) is 4. The molecule has 1 aliphatic rings. The molecule has 2 aromatic rings. The fraction of sp³-hybridized carbons (Fsp3) is 0.467. The van der Waals surface area contributed by atoms with Gasteiger partial charge in [0, 0.05) is 26.1 Å². The van der Waals surface area contributed by atoms with Gasteiger partial charge in [-0.25, -0.2) is 4.98 Å². The summed E-state index contributed by atoms with van der Waals surface area (Å²) < 4.78 is 4.99. The molecule has 1 fully saturated rings. The van der Waals surface area contributed by atoms with Crippen molar-refractivity contribution in [1.29, 1.82) is 0 Å². The standard InChI is InChI=1S/C15H18N6O4S/c1-8-17-10(4-11(22)18-8)5-16-14(24)9-3-13(23)21(6-9)15-20-19-12(26-15)7-25-2/h4,9H,3,5-7H2,1-2H3,(H,16,24)(H,17,18,22). The van der Waals surface area contributed by atoms with Gasteiger partial charge in [0.2, 0.25) is 16.9 Å². The number of methoxy groups -OCH3 is 1. The van der Waals surface area contributed by atoms with Gasteiger partial charge in [0.25, 0.3) is 5.56 Å². The summed E-state index contributed by atoms with van der Waals surface area (Å²) in [6, 6.07) is 1.33. The molecule has 1 saturated heterocycles. The normalized spacial score (nSPS) is 16.9. The Balaban J connectivity index is 1.60. The van der Waals surface area contributed by atoms with Crippen molar-refractivity contribution in [3.05, 3.63) is 32.9 Å². The highest BCUT2D eigenvalue weighted by atomic mass is 32.1. The highest BCUT2D eigenvalue weighted by Gasteiger charge is 2.36. The first-order valence-corrected chi connectivity index (χ1v) is 8.74. The van der Waals surface area contributed by atoms with Gasteiger partial charge < -0.3 is 15.0 Å². The van der Waals surface area contributed by atoms with Crippen LogP contribution in [-0.4, -0.2) is 45.6 Å². The van der Waals surface area contributed by atoms with Crippen LogP contribution in [0.4, 0.5) is 5.13 Å². The lowest BCUT2D eigenvalue weighted by Gasteiger charge is -2.12. The maximum absolute atomic E-state index is 12.4. The van der Waals surface area contributed by atoms with Crippen LogP contribution in [0.25, 0.3) is 0 Å². The summed E-state index contributed by atoms with van der Waals surface area (Å²) in [6.07, 6.45) is 0.104. The number of carbonyl (C=O) groups is 2. The molecule has 2 amide bonds. The monoisotopic (exact) mass is 378 g/mol. The average Bonchev–Trinajstić information content (AvgIpc) is 3.18. The summed E-state index contributed by atoms with van der Waals surface area (Å²) in [5, 5.41) is 11.8. The largest absolute Gasteiger partial charge is 0.377 e. The first kappa shape index (κ1) is 18.1. The number of carbonyl (C=O) groups excluding carboxylic acids is 2. The third kappa shape index (κ3) is 4.11. The number of rotatable bonds is 6. The number of hydrogen-bond acceptors (Lipinski definition) is 8. The lowest BCUT2D eigenvalue weighted by molar-refractivity contribution is -0.126. The van der Waals surface area contributed by atoms with Crippen LogP contribution in [0.5, 0.6) is 0 Å². The molecule has 1 atom stereocenters. The fourth-order valence-electron chi connectivity index (χ4n) is 2.66. The number of aromatic nitrogens is 4. The van der Waals surface area contributed by atoms with E-state index in [1.807, 2.05) is 0 Å². The zero-order chi connectivity index (χ0) is 18.7. The van der Waals surface area contributed by atoms with Gasteiger partial charge in [-0.1, -0.05) is 11.3 Å². The average molecular weight is 378 g/mol. The van der Waals surface area contributed by atoms with E-state index in [4.69, 9.17) is 4.74 Å². The molecule has 1 unspecified atom stereocenters. The van der Waals surface area contributed by atoms with E-state index in [0.717, 1.165) is 0 Å². The topological polar surface area (TPSA) is 130 Å². The van der Waals surface area contributed by atoms with Crippen molar-refractivity contribution in [3.63, 3.8) is 0 Å². The van der Waals surface area contributed by atoms with Crippen LogP contribution in [0.15, 0.2) is 10.9 Å². The van der Waals surface area contributed by atoms with Crippen LogP contribution < -0.4 is 15.8 Å². The molecule has 2 aromatic heterocycles. The van der Waals surface area contributed by atoms with Crippen LogP contribution in [0.1, 0.15) is 22.9 Å². The lowest BCUT2D eigenvalue weighted by atomic mass is 10.1. The molecular weight excluding hydrogens is 360 g/mol. The Morgan fingerprint density at radius 3 is 3.00 bits per heavy atom. The fourth-order valence-corrected chi connectivity index (χ4v) is 3.50. The molecule has 10 nitrogen and oxygen atoms in total. The van der Waals surface area contributed by atoms with E-state index in [1.165, 1.54) is 22.3 Å². The predicted octanol–water partition coefficient (Wildman–Crippen LogP) is -0.254. The van der Waals surface area contributed by atoms with Crippen LogP contribution in [0.2, 0.25) is 0 Å². The highest BCUT2D eigenvalue weighted by Crippen LogP contribution is 2.28. The number of nitrogens with one attached hydrogen (secondary N) is 2. The van der Waals surface area contributed by atoms with Gasteiger partial charge in [0.05, 0.1) is 18.2 Å². The van der Waals surface area contributed by atoms with E-state index in [-0.39, 0.29) is 36.9 Å². The molecule has 0 spiro atoms. The minimum absolute atomic E-state index is 0.104. The number of amides is 2. The van der Waals surface area contributed by atoms with E-state index in [9.17, 15) is 14.4 Å². The van der Waals surface area contributed by atoms with Gasteiger partial charge in [-0.3, -0.25) is 19.3 Å². The second kappa shape index (κ2) is 7.70. The van der Waals surface area contributed by atoms with Crippen LogP contribution >= 0.6 is 11.3 Å². The van der Waals surface area contributed by atoms with Gasteiger partial charge in [-0.05, 0) is 6.92 Å². The highest BCUT2D eigenvalue weighted by molar-refractivity contribution is 7.15. The molecular formula is C15H18N6O4S. The summed E-state index contributed by atoms with van der Waals surface area (Å²) in [7, 11) is 1.55. The van der Waals surface area contributed by atoms with E-state index < -0.39 is 5.92 Å². The maximum atomic E-state index is 12.4. The molecule has 0 saturated carbocycles. The van der Waals surface area contributed by atoms with Crippen LogP contribution in [0.3, 0.4) is 0 Å². The Morgan fingerprint density at radius 1 is 1.46 bits per heavy atom. The number of aryl methyl sites for hydroxylation is 1. The Hall–Kier alpha value is -2.66. The van der Waals surface area contributed by atoms with Gasteiger partial charge >= 0.3 is 0 Å². The second-order valence-electron chi connectivity index (χ2n) is 5.86. The minimum atomic E-state index is -0.486. The molecule has 0 bridgehead atoms. The van der Waals surface area contributed by atoms with Crippen molar-refractivity contribution in [3.8, 4) is 0 Å². The second-order valence-corrected chi connectivity index (χ2v) is 6.90. The Morgan fingerprint density at radius 2 is 2.27 bits per heavy atom. The SMILES string of the molecule is COCc1nnc(N2CC(C(=O)NCc3cc(=O)[nH]c(C)n3)CC2=O)s1. The van der Waals surface area contributed by atoms with Gasteiger partial charge in [-0.15, -0.1) is 10.2 Å². The number of hydrogen-bond donors (Lipinski definition) is 2. The van der Waals surface area contributed by atoms with Crippen molar-refractivity contribution < 1.29 is 14.3 Å². The first-order chi connectivity index (χ1) is 12.5. The summed E-state index contributed by atoms with van der Waals surface area (Å²) in [5.41, 5.74) is 0.196. The zero-order valence-corrected chi connectivity index (χ0v) is 15.1. The Labute approximate surface area is 152 Å². The van der Waals surface area contributed by atoms with E-state index >= 15 is 0 Å². The number of aromatic amines is 1. The smallest absolute Gasteiger partial charge is 0.251 e. The van der Waals surface area contributed by atoms with Crippen LogP contribution in [-0.2, 0) is 27.5 Å². The van der Waals surface area contributed by atoms with Gasteiger partial charge in [0.1, 0.15) is 17.4 Å². The predicted molar refractivity (Wildman–Crippen MR) is 92.5 cm³/mol. The quantitative estimate of drug-likeness (QED) is 0.708. The summed E-state index contributed by atoms with van der Waals surface area (Å²) in [5.74, 6) is -0.440. The van der Waals surface area contributed by atoms with Crippen molar-refractivity contribution in [2.24, 2.45) is 5.92 Å². The molecule has 26 heavy (non-hydrogen) atoms. The number of ether oxygens (including phenoxy) is 1. The van der Waals surface area contributed by atoms with Crippen molar-refractivity contribution in [2.75, 3.05) is 18.6 Å². The maximum Gasteiger partial charge on any atom is 0.251 e. The number of anilines is 1. The van der Waals surface area contributed by atoms with Crippen molar-refractivity contribution in [1.82, 2.24) is 25.5 Å². The molecule has 2 N–H and O–H groups in total. The van der Waals surface area contributed by atoms with Gasteiger partial charge in [0.15, 0.2) is 0 Å². The molecule has 138 valence electrons. The third-order valence-corrected chi connectivity index (χ3v) is 4.73. The van der Waals surface area contributed by atoms with E-state index in [1.54, 1.807) is 14.0 Å². The Bertz CT molecular complexity index is 879. The first-order valence-electron chi connectivity index (χ1n) is 7.92. The van der Waals surface area contributed by atoms with Crippen molar-refractivity contribution in [2.45, 2.75) is 26.5 Å². The molecule has 3 heterocycles. The van der Waals surface area contributed by atoms with Crippen LogP contribution in [0, 0.1) is 12.8 Å². The van der Waals surface area contributed by atoms with Gasteiger partial charge in [-0.2, -0.15) is 0 Å². The third-order valence-electron chi connectivity index (χ3n) is 3.81. The molecule has 1 aliphatic heterocycles.